The van der Waals surface area contributed by atoms with Gasteiger partial charge < -0.3 is 10.1 Å². The van der Waals surface area contributed by atoms with E-state index >= 15 is 0 Å². The molecule has 1 aromatic rings. The van der Waals surface area contributed by atoms with E-state index in [1.807, 2.05) is 24.3 Å². The number of rotatable bonds is 7. The standard InChI is InChI=1S/C12H17NO2/c1-2-3-8-13-12-6-4-11(5-7-12)9-15-10-14/h4-7,10,13H,2-3,8-9H2,1H3. The minimum atomic E-state index is 0.346. The van der Waals surface area contributed by atoms with Gasteiger partial charge in [-0.25, -0.2) is 0 Å². The van der Waals surface area contributed by atoms with Gasteiger partial charge in [-0.05, 0) is 24.1 Å². The number of benzene rings is 1. The van der Waals surface area contributed by atoms with Crippen LogP contribution in [0.5, 0.6) is 0 Å². The molecule has 0 fully saturated rings. The number of nitrogens with one attached hydrogen (secondary N) is 1. The van der Waals surface area contributed by atoms with Crippen molar-refractivity contribution in [1.29, 1.82) is 0 Å². The van der Waals surface area contributed by atoms with Gasteiger partial charge in [-0.3, -0.25) is 4.79 Å². The summed E-state index contributed by atoms with van der Waals surface area (Å²) in [4.78, 5) is 9.98. The first-order valence-electron chi connectivity index (χ1n) is 5.25. The number of anilines is 1. The van der Waals surface area contributed by atoms with Crippen molar-refractivity contribution in [3.63, 3.8) is 0 Å². The minimum Gasteiger partial charge on any atom is -0.463 e. The predicted molar refractivity (Wildman–Crippen MR) is 60.7 cm³/mol. The molecule has 0 aliphatic carbocycles. The van der Waals surface area contributed by atoms with E-state index in [0.29, 0.717) is 13.1 Å². The molecule has 0 aliphatic heterocycles. The maximum absolute atomic E-state index is 9.98. The van der Waals surface area contributed by atoms with Crippen LogP contribution in [0.4, 0.5) is 5.69 Å². The summed E-state index contributed by atoms with van der Waals surface area (Å²) in [6, 6.07) is 7.91. The summed E-state index contributed by atoms with van der Waals surface area (Å²) in [5.41, 5.74) is 2.11. The zero-order valence-electron chi connectivity index (χ0n) is 9.03. The summed E-state index contributed by atoms with van der Waals surface area (Å²) in [6.07, 6.45) is 2.37. The molecule has 82 valence electrons. The molecule has 0 radical (unpaired) electrons. The Kier molecular flexibility index (Phi) is 5.30. The third-order valence-corrected chi connectivity index (χ3v) is 2.13. The summed E-state index contributed by atoms with van der Waals surface area (Å²) in [5, 5.41) is 3.32. The van der Waals surface area contributed by atoms with E-state index in [-0.39, 0.29) is 0 Å². The van der Waals surface area contributed by atoms with Crippen LogP contribution in [0.3, 0.4) is 0 Å². The molecule has 0 saturated carbocycles. The van der Waals surface area contributed by atoms with E-state index in [1.54, 1.807) is 0 Å². The van der Waals surface area contributed by atoms with Gasteiger partial charge in [0.05, 0.1) is 0 Å². The predicted octanol–water partition coefficient (Wildman–Crippen LogP) is 2.57. The summed E-state index contributed by atoms with van der Waals surface area (Å²) in [6.45, 7) is 3.98. The van der Waals surface area contributed by atoms with Gasteiger partial charge in [0.25, 0.3) is 6.47 Å². The quantitative estimate of drug-likeness (QED) is 0.551. The third-order valence-electron chi connectivity index (χ3n) is 2.13. The lowest BCUT2D eigenvalue weighted by atomic mass is 10.2. The number of ether oxygens (including phenoxy) is 1. The van der Waals surface area contributed by atoms with Gasteiger partial charge in [0.1, 0.15) is 6.61 Å². The van der Waals surface area contributed by atoms with Crippen LogP contribution in [0.25, 0.3) is 0 Å². The Bertz CT molecular complexity index is 282. The molecule has 1 N–H and O–H groups in total. The Labute approximate surface area is 90.4 Å². The van der Waals surface area contributed by atoms with Gasteiger partial charge in [0, 0.05) is 12.2 Å². The van der Waals surface area contributed by atoms with Crippen molar-refractivity contribution >= 4 is 12.2 Å². The first kappa shape index (κ1) is 11.6. The van der Waals surface area contributed by atoms with Crippen molar-refractivity contribution in [2.24, 2.45) is 0 Å². The van der Waals surface area contributed by atoms with Gasteiger partial charge in [0.2, 0.25) is 0 Å². The van der Waals surface area contributed by atoms with Crippen LogP contribution in [-0.4, -0.2) is 13.0 Å². The Morgan fingerprint density at radius 2 is 2.07 bits per heavy atom. The maximum Gasteiger partial charge on any atom is 0.293 e. The van der Waals surface area contributed by atoms with Gasteiger partial charge in [-0.15, -0.1) is 0 Å². The summed E-state index contributed by atoms with van der Waals surface area (Å²) in [7, 11) is 0. The van der Waals surface area contributed by atoms with E-state index in [0.717, 1.165) is 17.8 Å². The topological polar surface area (TPSA) is 38.3 Å². The molecule has 0 aromatic heterocycles. The fourth-order valence-corrected chi connectivity index (χ4v) is 1.26. The van der Waals surface area contributed by atoms with Crippen molar-refractivity contribution in [1.82, 2.24) is 0 Å². The van der Waals surface area contributed by atoms with E-state index in [2.05, 4.69) is 17.0 Å². The molecule has 3 heteroatoms. The summed E-state index contributed by atoms with van der Waals surface area (Å²) < 4.78 is 4.66. The highest BCUT2D eigenvalue weighted by atomic mass is 16.5. The third kappa shape index (κ3) is 4.49. The second-order valence-corrected chi connectivity index (χ2v) is 3.38. The molecule has 0 bridgehead atoms. The molecular formula is C12H17NO2. The fourth-order valence-electron chi connectivity index (χ4n) is 1.26. The largest absolute Gasteiger partial charge is 0.463 e. The SMILES string of the molecule is CCCCNc1ccc(COC=O)cc1. The molecular weight excluding hydrogens is 190 g/mol. The van der Waals surface area contributed by atoms with Crippen molar-refractivity contribution < 1.29 is 9.53 Å². The van der Waals surface area contributed by atoms with Gasteiger partial charge >= 0.3 is 0 Å². The average molecular weight is 207 g/mol. The van der Waals surface area contributed by atoms with Crippen LogP contribution in [0, 0.1) is 0 Å². The molecule has 0 spiro atoms. The first-order chi connectivity index (χ1) is 7.36. The molecule has 15 heavy (non-hydrogen) atoms. The smallest absolute Gasteiger partial charge is 0.293 e. The van der Waals surface area contributed by atoms with E-state index in [1.165, 1.54) is 12.8 Å². The second-order valence-electron chi connectivity index (χ2n) is 3.38. The summed E-state index contributed by atoms with van der Waals surface area (Å²) >= 11 is 0. The van der Waals surface area contributed by atoms with E-state index in [9.17, 15) is 4.79 Å². The van der Waals surface area contributed by atoms with Gasteiger partial charge in [-0.1, -0.05) is 25.5 Å². The van der Waals surface area contributed by atoms with Crippen molar-refractivity contribution in [3.05, 3.63) is 29.8 Å². The van der Waals surface area contributed by atoms with Crippen LogP contribution < -0.4 is 5.32 Å². The van der Waals surface area contributed by atoms with Crippen molar-refractivity contribution in [2.75, 3.05) is 11.9 Å². The van der Waals surface area contributed by atoms with Crippen LogP contribution in [0.1, 0.15) is 25.3 Å². The van der Waals surface area contributed by atoms with Gasteiger partial charge in [-0.2, -0.15) is 0 Å². The Balaban J connectivity index is 2.38. The molecule has 0 atom stereocenters. The Morgan fingerprint density at radius 1 is 1.33 bits per heavy atom. The normalized spacial score (nSPS) is 9.67. The molecule has 1 rings (SSSR count). The molecule has 3 nitrogen and oxygen atoms in total. The van der Waals surface area contributed by atoms with Crippen LogP contribution in [0.15, 0.2) is 24.3 Å². The van der Waals surface area contributed by atoms with E-state index in [4.69, 9.17) is 0 Å². The molecule has 0 aliphatic rings. The first-order valence-corrected chi connectivity index (χ1v) is 5.25. The van der Waals surface area contributed by atoms with Crippen molar-refractivity contribution in [3.8, 4) is 0 Å². The highest BCUT2D eigenvalue weighted by molar-refractivity contribution is 5.44. The number of carbonyl (C=O) groups is 1. The Morgan fingerprint density at radius 3 is 2.67 bits per heavy atom. The van der Waals surface area contributed by atoms with E-state index < -0.39 is 0 Å². The molecule has 0 amide bonds. The van der Waals surface area contributed by atoms with Crippen LogP contribution >= 0.6 is 0 Å². The lowest BCUT2D eigenvalue weighted by Gasteiger charge is -2.06. The highest BCUT2D eigenvalue weighted by Gasteiger charge is 1.94. The number of hydrogen-bond acceptors (Lipinski definition) is 3. The van der Waals surface area contributed by atoms with Crippen molar-refractivity contribution in [2.45, 2.75) is 26.4 Å². The Hall–Kier alpha value is -1.51. The average Bonchev–Trinajstić information content (AvgIpc) is 2.28. The molecule has 0 heterocycles. The lowest BCUT2D eigenvalue weighted by Crippen LogP contribution is -2.00. The number of carbonyl (C=O) groups excluding carboxylic acids is 1. The minimum absolute atomic E-state index is 0.346. The lowest BCUT2D eigenvalue weighted by molar-refractivity contribution is -0.129. The fraction of sp³-hybridized carbons (Fsp3) is 0.417. The highest BCUT2D eigenvalue weighted by Crippen LogP contribution is 2.10. The molecule has 0 saturated heterocycles. The van der Waals surface area contributed by atoms with Crippen LogP contribution in [-0.2, 0) is 16.1 Å². The zero-order chi connectivity index (χ0) is 10.9. The zero-order valence-corrected chi connectivity index (χ0v) is 9.03. The number of hydrogen-bond donors (Lipinski definition) is 1. The van der Waals surface area contributed by atoms with Gasteiger partial charge in [0.15, 0.2) is 0 Å². The number of unbranched alkanes of at least 4 members (excludes halogenated alkanes) is 1. The second kappa shape index (κ2) is 6.87. The monoisotopic (exact) mass is 207 g/mol. The molecule has 0 unspecified atom stereocenters. The summed E-state index contributed by atoms with van der Waals surface area (Å²) in [5.74, 6) is 0. The molecule has 1 aromatic carbocycles. The maximum atomic E-state index is 9.98. The van der Waals surface area contributed by atoms with Crippen LogP contribution in [0.2, 0.25) is 0 Å².